The number of hydrogen-bond acceptors (Lipinski definition) is 2. The van der Waals surface area contributed by atoms with E-state index in [0.717, 1.165) is 10.9 Å². The second kappa shape index (κ2) is 7.40. The lowest BCUT2D eigenvalue weighted by Crippen LogP contribution is -2.61. The fourth-order valence-corrected chi connectivity index (χ4v) is 5.28. The summed E-state index contributed by atoms with van der Waals surface area (Å²) in [6, 6.07) is 15.1. The van der Waals surface area contributed by atoms with Crippen molar-refractivity contribution in [2.45, 2.75) is 44.6 Å². The van der Waals surface area contributed by atoms with E-state index >= 15 is 0 Å². The molecule has 0 saturated carbocycles. The molecule has 26 heavy (non-hydrogen) atoms. The van der Waals surface area contributed by atoms with Crippen molar-refractivity contribution >= 4 is 16.7 Å². The minimum Gasteiger partial charge on any atom is -0.465 e. The van der Waals surface area contributed by atoms with E-state index < -0.39 is 0 Å². The van der Waals surface area contributed by atoms with Gasteiger partial charge in [-0.25, -0.2) is 0 Å². The molecule has 2 fully saturated rings. The van der Waals surface area contributed by atoms with Crippen molar-refractivity contribution in [3.8, 4) is 0 Å². The molecule has 2 heterocycles. The van der Waals surface area contributed by atoms with Gasteiger partial charge in [0.25, 0.3) is 0 Å². The van der Waals surface area contributed by atoms with Crippen LogP contribution >= 0.6 is 0 Å². The van der Waals surface area contributed by atoms with E-state index in [2.05, 4.69) is 25.2 Å². The van der Waals surface area contributed by atoms with Gasteiger partial charge in [-0.2, -0.15) is 0 Å². The van der Waals surface area contributed by atoms with Crippen LogP contribution in [0.5, 0.6) is 0 Å². The van der Waals surface area contributed by atoms with Crippen molar-refractivity contribution < 1.29 is 14.0 Å². The Morgan fingerprint density at radius 2 is 1.85 bits per heavy atom. The second-order valence-corrected chi connectivity index (χ2v) is 8.39. The Balaban J connectivity index is 1.39. The standard InChI is InChI=1S/C23H30NO2/c1-24-14-5-4-13-22(24)20(11-7-15-24)17-26-23(25)16-19-10-6-9-18-8-2-3-12-21(18)19/h2-3,6,8-10,12,20,22H,4-5,7,11,13-17H2,1H3/q+1/t20-,22+,24?/m1/s1. The summed E-state index contributed by atoms with van der Waals surface area (Å²) >= 11 is 0. The molecular formula is C23H30NO2+. The van der Waals surface area contributed by atoms with Gasteiger partial charge in [-0.1, -0.05) is 42.5 Å². The molecule has 2 saturated heterocycles. The molecule has 138 valence electrons. The smallest absolute Gasteiger partial charge is 0.310 e. The first-order chi connectivity index (χ1) is 12.7. The fourth-order valence-electron chi connectivity index (χ4n) is 5.28. The Kier molecular flexibility index (Phi) is 4.99. The third-order valence-corrected chi connectivity index (χ3v) is 6.68. The van der Waals surface area contributed by atoms with Gasteiger partial charge >= 0.3 is 5.97 Å². The Morgan fingerprint density at radius 3 is 2.77 bits per heavy atom. The Morgan fingerprint density at radius 1 is 1.04 bits per heavy atom. The summed E-state index contributed by atoms with van der Waals surface area (Å²) in [7, 11) is 2.41. The first kappa shape index (κ1) is 17.5. The molecule has 0 bridgehead atoms. The molecule has 3 heteroatoms. The lowest BCUT2D eigenvalue weighted by atomic mass is 9.82. The third-order valence-electron chi connectivity index (χ3n) is 6.68. The second-order valence-electron chi connectivity index (χ2n) is 8.39. The number of carbonyl (C=O) groups is 1. The van der Waals surface area contributed by atoms with Gasteiger partial charge in [0, 0.05) is 12.3 Å². The summed E-state index contributed by atoms with van der Waals surface area (Å²) in [5.41, 5.74) is 1.06. The van der Waals surface area contributed by atoms with Crippen LogP contribution in [0.15, 0.2) is 42.5 Å². The zero-order valence-corrected chi connectivity index (χ0v) is 15.8. The van der Waals surface area contributed by atoms with E-state index in [1.165, 1.54) is 55.1 Å². The zero-order valence-electron chi connectivity index (χ0n) is 15.8. The molecule has 0 aliphatic carbocycles. The average Bonchev–Trinajstić information content (AvgIpc) is 2.66. The summed E-state index contributed by atoms with van der Waals surface area (Å²) < 4.78 is 6.98. The zero-order chi connectivity index (χ0) is 18.0. The molecule has 2 aromatic carbocycles. The predicted molar refractivity (Wildman–Crippen MR) is 105 cm³/mol. The molecule has 2 aliphatic heterocycles. The van der Waals surface area contributed by atoms with Gasteiger partial charge in [-0.15, -0.1) is 0 Å². The first-order valence-corrected chi connectivity index (χ1v) is 10.1. The monoisotopic (exact) mass is 352 g/mol. The maximum Gasteiger partial charge on any atom is 0.310 e. The lowest BCUT2D eigenvalue weighted by molar-refractivity contribution is -0.947. The summed E-state index contributed by atoms with van der Waals surface area (Å²) in [5, 5.41) is 2.33. The molecule has 4 rings (SSSR count). The minimum absolute atomic E-state index is 0.0862. The molecular weight excluding hydrogens is 322 g/mol. The van der Waals surface area contributed by atoms with Gasteiger partial charge in [0.2, 0.25) is 0 Å². The van der Waals surface area contributed by atoms with Gasteiger partial charge in [0.05, 0.1) is 39.2 Å². The number of quaternary nitrogens is 1. The maximum absolute atomic E-state index is 12.5. The van der Waals surface area contributed by atoms with Gasteiger partial charge in [-0.3, -0.25) is 4.79 Å². The number of carbonyl (C=O) groups excluding carboxylic acids is 1. The van der Waals surface area contributed by atoms with Crippen LogP contribution in [0.4, 0.5) is 0 Å². The number of hydrogen-bond donors (Lipinski definition) is 0. The molecule has 0 spiro atoms. The van der Waals surface area contributed by atoms with E-state index in [4.69, 9.17) is 4.74 Å². The van der Waals surface area contributed by atoms with E-state index in [1.54, 1.807) is 0 Å². The molecule has 2 aromatic rings. The van der Waals surface area contributed by atoms with Crippen molar-refractivity contribution in [2.24, 2.45) is 5.92 Å². The highest BCUT2D eigenvalue weighted by Gasteiger charge is 2.43. The molecule has 2 aliphatic rings. The molecule has 0 aromatic heterocycles. The highest BCUT2D eigenvalue weighted by Crippen LogP contribution is 2.36. The predicted octanol–water partition coefficient (Wildman–Crippen LogP) is 4.33. The topological polar surface area (TPSA) is 26.3 Å². The number of ether oxygens (including phenoxy) is 1. The van der Waals surface area contributed by atoms with E-state index in [-0.39, 0.29) is 5.97 Å². The van der Waals surface area contributed by atoms with Crippen LogP contribution in [-0.4, -0.2) is 43.2 Å². The number of rotatable bonds is 4. The average molecular weight is 352 g/mol. The van der Waals surface area contributed by atoms with Crippen LogP contribution in [0, 0.1) is 5.92 Å². The Hall–Kier alpha value is -1.87. The van der Waals surface area contributed by atoms with Crippen LogP contribution in [-0.2, 0) is 16.0 Å². The van der Waals surface area contributed by atoms with Crippen molar-refractivity contribution in [3.63, 3.8) is 0 Å². The van der Waals surface area contributed by atoms with Crippen LogP contribution < -0.4 is 0 Å². The summed E-state index contributed by atoms with van der Waals surface area (Å²) in [6.07, 6.45) is 6.81. The SMILES string of the molecule is C[N+]12CCCC[C@H]1[C@@H](COC(=O)Cc1cccc3ccccc13)CCC2. The number of piperidine rings is 2. The van der Waals surface area contributed by atoms with Gasteiger partial charge in [0.1, 0.15) is 0 Å². The van der Waals surface area contributed by atoms with Gasteiger partial charge in [-0.05, 0) is 42.0 Å². The van der Waals surface area contributed by atoms with Crippen molar-refractivity contribution in [1.29, 1.82) is 0 Å². The fraction of sp³-hybridized carbons (Fsp3) is 0.522. The highest BCUT2D eigenvalue weighted by molar-refractivity contribution is 5.88. The summed E-state index contributed by atoms with van der Waals surface area (Å²) in [5.74, 6) is 0.447. The number of nitrogens with zero attached hydrogens (tertiary/aromatic N) is 1. The van der Waals surface area contributed by atoms with Crippen molar-refractivity contribution in [1.82, 2.24) is 0 Å². The van der Waals surface area contributed by atoms with E-state index in [0.29, 0.717) is 25.0 Å². The molecule has 0 radical (unpaired) electrons. The molecule has 3 nitrogen and oxygen atoms in total. The third kappa shape index (κ3) is 3.50. The maximum atomic E-state index is 12.5. The summed E-state index contributed by atoms with van der Waals surface area (Å²) in [4.78, 5) is 12.5. The normalized spacial score (nSPS) is 28.5. The molecule has 3 atom stereocenters. The number of esters is 1. The Labute approximate surface area is 156 Å². The quantitative estimate of drug-likeness (QED) is 0.604. The molecule has 0 amide bonds. The lowest BCUT2D eigenvalue weighted by Gasteiger charge is -2.51. The van der Waals surface area contributed by atoms with Crippen molar-refractivity contribution in [3.05, 3.63) is 48.0 Å². The van der Waals surface area contributed by atoms with Crippen LogP contribution in [0.25, 0.3) is 10.8 Å². The van der Waals surface area contributed by atoms with Gasteiger partial charge < -0.3 is 9.22 Å². The van der Waals surface area contributed by atoms with E-state index in [1.807, 2.05) is 24.3 Å². The first-order valence-electron chi connectivity index (χ1n) is 10.1. The Bertz CT molecular complexity index is 777. The van der Waals surface area contributed by atoms with Crippen LogP contribution in [0.1, 0.15) is 37.7 Å². The minimum atomic E-state index is -0.0862. The van der Waals surface area contributed by atoms with Crippen LogP contribution in [0.3, 0.4) is 0 Å². The number of fused-ring (bicyclic) bond motifs is 2. The van der Waals surface area contributed by atoms with Crippen molar-refractivity contribution in [2.75, 3.05) is 26.7 Å². The largest absolute Gasteiger partial charge is 0.465 e. The summed E-state index contributed by atoms with van der Waals surface area (Å²) in [6.45, 7) is 3.19. The molecule has 0 N–H and O–H groups in total. The number of benzene rings is 2. The van der Waals surface area contributed by atoms with Gasteiger partial charge in [0.15, 0.2) is 0 Å². The van der Waals surface area contributed by atoms with Crippen LogP contribution in [0.2, 0.25) is 0 Å². The molecule has 1 unspecified atom stereocenters. The van der Waals surface area contributed by atoms with E-state index in [9.17, 15) is 4.79 Å². The highest BCUT2D eigenvalue weighted by atomic mass is 16.5.